The van der Waals surface area contributed by atoms with Gasteiger partial charge in [-0.3, -0.25) is 9.59 Å². The molecule has 0 aliphatic carbocycles. The Bertz CT molecular complexity index is 810. The second kappa shape index (κ2) is 8.19. The molecule has 1 aliphatic heterocycles. The number of hydrogen-bond donors (Lipinski definition) is 1. The average molecular weight is 380 g/mol. The predicted molar refractivity (Wildman–Crippen MR) is 97.3 cm³/mol. The third-order valence-electron chi connectivity index (χ3n) is 4.45. The van der Waals surface area contributed by atoms with Crippen molar-refractivity contribution >= 4 is 24.3 Å². The molecule has 1 fully saturated rings. The fourth-order valence-corrected chi connectivity index (χ4v) is 2.97. The van der Waals surface area contributed by atoms with E-state index in [1.165, 1.54) is 17.0 Å². The van der Waals surface area contributed by atoms with Crippen LogP contribution in [0.4, 0.5) is 4.39 Å². The first kappa shape index (κ1) is 19.7. The number of carboxylic acid groups (broad SMARTS) is 1. The van der Waals surface area contributed by atoms with Crippen LogP contribution in [0.25, 0.3) is 11.1 Å². The summed E-state index contributed by atoms with van der Waals surface area (Å²) in [5, 5.41) is 9.02. The van der Waals surface area contributed by atoms with E-state index >= 15 is 0 Å². The van der Waals surface area contributed by atoms with Crippen molar-refractivity contribution in [3.63, 3.8) is 0 Å². The number of methoxy groups -OCH3 is 1. The van der Waals surface area contributed by atoms with E-state index in [-0.39, 0.29) is 24.5 Å². The number of nitrogens with zero attached hydrogens (tertiary/aromatic N) is 1. The zero-order chi connectivity index (χ0) is 18.0. The number of likely N-dealkylation sites (tertiary alicyclic amines) is 1. The van der Waals surface area contributed by atoms with Gasteiger partial charge in [0.2, 0.25) is 0 Å². The molecule has 1 aliphatic rings. The summed E-state index contributed by atoms with van der Waals surface area (Å²) in [5.41, 5.74) is 1.43. The quantitative estimate of drug-likeness (QED) is 0.883. The van der Waals surface area contributed by atoms with Gasteiger partial charge in [0.05, 0.1) is 18.6 Å². The SMILES string of the molecule is COc1ccc(-c2ccc(C(=O)N3CCC(C(=O)O)C3)c(F)c2)cc1.Cl. The third-order valence-corrected chi connectivity index (χ3v) is 4.45. The van der Waals surface area contributed by atoms with Crippen LogP contribution < -0.4 is 4.74 Å². The van der Waals surface area contributed by atoms with E-state index in [4.69, 9.17) is 9.84 Å². The second-order valence-electron chi connectivity index (χ2n) is 6.00. The lowest BCUT2D eigenvalue weighted by Gasteiger charge is -2.16. The molecule has 1 unspecified atom stereocenters. The Morgan fingerprint density at radius 3 is 2.35 bits per heavy atom. The van der Waals surface area contributed by atoms with Crippen LogP contribution in [0.5, 0.6) is 5.75 Å². The van der Waals surface area contributed by atoms with Gasteiger partial charge in [-0.1, -0.05) is 18.2 Å². The number of ether oxygens (including phenoxy) is 1. The maximum absolute atomic E-state index is 14.5. The fraction of sp³-hybridized carbons (Fsp3) is 0.263. The van der Waals surface area contributed by atoms with Crippen molar-refractivity contribution < 1.29 is 23.8 Å². The molecular weight excluding hydrogens is 361 g/mol. The largest absolute Gasteiger partial charge is 0.497 e. The lowest BCUT2D eigenvalue weighted by molar-refractivity contribution is -0.141. The van der Waals surface area contributed by atoms with Crippen molar-refractivity contribution in [3.8, 4) is 16.9 Å². The first-order chi connectivity index (χ1) is 12.0. The predicted octanol–water partition coefficient (Wildman–Crippen LogP) is 3.47. The maximum atomic E-state index is 14.5. The molecule has 0 radical (unpaired) electrons. The Morgan fingerprint density at radius 1 is 1.15 bits per heavy atom. The van der Waals surface area contributed by atoms with Gasteiger partial charge in [-0.25, -0.2) is 4.39 Å². The van der Waals surface area contributed by atoms with E-state index in [0.717, 1.165) is 5.56 Å². The van der Waals surface area contributed by atoms with E-state index in [2.05, 4.69) is 0 Å². The summed E-state index contributed by atoms with van der Waals surface area (Å²) in [7, 11) is 1.57. The number of aliphatic carboxylic acids is 1. The number of hydrogen-bond acceptors (Lipinski definition) is 3. The molecule has 1 saturated heterocycles. The van der Waals surface area contributed by atoms with Gasteiger partial charge in [-0.2, -0.15) is 0 Å². The average Bonchev–Trinajstić information content (AvgIpc) is 3.11. The number of halogens is 2. The standard InChI is InChI=1S/C19H18FNO4.ClH/c1-25-15-5-2-12(3-6-15)13-4-7-16(17(20)10-13)18(22)21-9-8-14(11-21)19(23)24;/h2-7,10,14H,8-9,11H2,1H3,(H,23,24);1H. The Balaban J connectivity index is 0.00000243. The number of carboxylic acids is 1. The minimum atomic E-state index is -0.925. The molecule has 26 heavy (non-hydrogen) atoms. The molecule has 2 aromatic carbocycles. The molecule has 2 aromatic rings. The molecule has 138 valence electrons. The first-order valence-corrected chi connectivity index (χ1v) is 7.95. The van der Waals surface area contributed by atoms with Crippen LogP contribution in [0.15, 0.2) is 42.5 Å². The lowest BCUT2D eigenvalue weighted by Crippen LogP contribution is -2.30. The highest BCUT2D eigenvalue weighted by Gasteiger charge is 2.32. The van der Waals surface area contributed by atoms with Gasteiger partial charge in [0.15, 0.2) is 0 Å². The number of carbonyl (C=O) groups is 2. The summed E-state index contributed by atoms with van der Waals surface area (Å²) in [6, 6.07) is 11.6. The molecule has 1 N–H and O–H groups in total. The molecule has 0 spiro atoms. The summed E-state index contributed by atoms with van der Waals surface area (Å²) in [6.07, 6.45) is 0.395. The zero-order valence-corrected chi connectivity index (χ0v) is 15.0. The van der Waals surface area contributed by atoms with Crippen LogP contribution >= 0.6 is 12.4 Å². The fourth-order valence-electron chi connectivity index (χ4n) is 2.97. The molecule has 0 bridgehead atoms. The summed E-state index contributed by atoms with van der Waals surface area (Å²) in [4.78, 5) is 24.8. The number of amides is 1. The number of benzene rings is 2. The molecule has 7 heteroatoms. The van der Waals surface area contributed by atoms with Crippen LogP contribution in [-0.4, -0.2) is 42.1 Å². The van der Waals surface area contributed by atoms with Crippen LogP contribution in [0.3, 0.4) is 0 Å². The van der Waals surface area contributed by atoms with E-state index in [9.17, 15) is 14.0 Å². The summed E-state index contributed by atoms with van der Waals surface area (Å²) in [6.45, 7) is 0.448. The van der Waals surface area contributed by atoms with Gasteiger partial charge in [-0.15, -0.1) is 12.4 Å². The second-order valence-corrected chi connectivity index (χ2v) is 6.00. The molecule has 1 atom stereocenters. The number of rotatable bonds is 4. The molecule has 1 heterocycles. The number of carbonyl (C=O) groups excluding carboxylic acids is 1. The maximum Gasteiger partial charge on any atom is 0.308 e. The molecule has 5 nitrogen and oxygen atoms in total. The van der Waals surface area contributed by atoms with E-state index in [1.807, 2.05) is 12.1 Å². The van der Waals surface area contributed by atoms with Gasteiger partial charge in [0, 0.05) is 13.1 Å². The van der Waals surface area contributed by atoms with Crippen molar-refractivity contribution in [1.82, 2.24) is 4.90 Å². The van der Waals surface area contributed by atoms with Gasteiger partial charge >= 0.3 is 5.97 Å². The van der Waals surface area contributed by atoms with Crippen molar-refractivity contribution in [2.24, 2.45) is 5.92 Å². The summed E-state index contributed by atoms with van der Waals surface area (Å²) < 4.78 is 19.5. The van der Waals surface area contributed by atoms with Gasteiger partial charge in [0.25, 0.3) is 5.91 Å². The highest BCUT2D eigenvalue weighted by molar-refractivity contribution is 5.95. The minimum Gasteiger partial charge on any atom is -0.497 e. The van der Waals surface area contributed by atoms with Crippen LogP contribution in [0.2, 0.25) is 0 Å². The Labute approximate surface area is 156 Å². The summed E-state index contributed by atoms with van der Waals surface area (Å²) >= 11 is 0. The Hall–Kier alpha value is -2.60. The van der Waals surface area contributed by atoms with E-state index < -0.39 is 23.6 Å². The van der Waals surface area contributed by atoms with Crippen molar-refractivity contribution in [2.75, 3.05) is 20.2 Å². The Morgan fingerprint density at radius 2 is 1.81 bits per heavy atom. The smallest absolute Gasteiger partial charge is 0.308 e. The van der Waals surface area contributed by atoms with Crippen molar-refractivity contribution in [2.45, 2.75) is 6.42 Å². The normalized spacial score (nSPS) is 16.1. The topological polar surface area (TPSA) is 66.8 Å². The highest BCUT2D eigenvalue weighted by atomic mass is 35.5. The van der Waals surface area contributed by atoms with Crippen LogP contribution in [-0.2, 0) is 4.79 Å². The molecule has 0 saturated carbocycles. The Kier molecular flexibility index (Phi) is 6.21. The molecule has 0 aromatic heterocycles. The van der Waals surface area contributed by atoms with Gasteiger partial charge in [-0.05, 0) is 41.8 Å². The van der Waals surface area contributed by atoms with Crippen LogP contribution in [0, 0.1) is 11.7 Å². The minimum absolute atomic E-state index is 0. The lowest BCUT2D eigenvalue weighted by atomic mass is 10.0. The highest BCUT2D eigenvalue weighted by Crippen LogP contribution is 2.26. The monoisotopic (exact) mass is 379 g/mol. The van der Waals surface area contributed by atoms with E-state index in [0.29, 0.717) is 24.3 Å². The third kappa shape index (κ3) is 3.96. The molecular formula is C19H19ClFNO4. The molecule has 3 rings (SSSR count). The van der Waals surface area contributed by atoms with Gasteiger partial charge in [0.1, 0.15) is 11.6 Å². The zero-order valence-electron chi connectivity index (χ0n) is 14.1. The van der Waals surface area contributed by atoms with Crippen molar-refractivity contribution in [3.05, 3.63) is 53.8 Å². The van der Waals surface area contributed by atoms with Gasteiger partial charge < -0.3 is 14.7 Å². The van der Waals surface area contributed by atoms with Crippen LogP contribution in [0.1, 0.15) is 16.8 Å². The summed E-state index contributed by atoms with van der Waals surface area (Å²) in [5.74, 6) is -1.88. The van der Waals surface area contributed by atoms with E-state index in [1.54, 1.807) is 25.3 Å². The molecule has 1 amide bonds. The first-order valence-electron chi connectivity index (χ1n) is 7.95. The van der Waals surface area contributed by atoms with Crippen molar-refractivity contribution in [1.29, 1.82) is 0 Å².